The fraction of sp³-hybridized carbons (Fsp3) is 0.418. The number of carbonyl (C=O) groups is 1. The van der Waals surface area contributed by atoms with Crippen LogP contribution >= 0.6 is 23.4 Å². The molecule has 0 spiro atoms. The number of likely N-dealkylation sites (tertiary alicyclic amines) is 1. The Hall–Kier alpha value is -10.8. The number of amides is 1. The number of carbonyl (C=O) groups excluding carboxylic acids is 1. The number of fused-ring (bicyclic) bond motifs is 1. The predicted molar refractivity (Wildman–Crippen MR) is 439 cm³/mol. The van der Waals surface area contributed by atoms with E-state index < -0.39 is 125 Å². The molecule has 29 nitrogen and oxygen atoms in total. The van der Waals surface area contributed by atoms with Crippen molar-refractivity contribution in [2.45, 2.75) is 190 Å². The summed E-state index contributed by atoms with van der Waals surface area (Å²) in [6.07, 6.45) is 4.25. The first-order valence-corrected chi connectivity index (χ1v) is 37.4. The number of thioether (sulfide) groups is 1. The average Bonchev–Trinajstić information content (AvgIpc) is 1.66. The zero-order valence-corrected chi connectivity index (χ0v) is 64.3. The van der Waals surface area contributed by atoms with E-state index in [0.29, 0.717) is 75.8 Å². The maximum absolute atomic E-state index is 14.7. The lowest BCUT2D eigenvalue weighted by atomic mass is 10.0. The van der Waals surface area contributed by atoms with Gasteiger partial charge in [0.05, 0.1) is 18.0 Å². The fourth-order valence-electron chi connectivity index (χ4n) is 11.7. The fourth-order valence-corrected chi connectivity index (χ4v) is 12.8. The van der Waals surface area contributed by atoms with Gasteiger partial charge in [-0.2, -0.15) is 0 Å². The molecular weight excluding hydrogens is 1450 g/mol. The summed E-state index contributed by atoms with van der Waals surface area (Å²) in [7, 11) is 0. The molecule has 15 N–H and O–H groups in total. The maximum atomic E-state index is 14.7. The highest BCUT2D eigenvalue weighted by Gasteiger charge is 2.38. The SMILES string of the molecule is CC(O)=Nc1ccc(C[C@H](N=C(O)[C@H](CO)N=C(O)[C@@H](Cc2cccnc2)N=C(O)[C@@H](Cc2ccc(Cl)cc2)N=C(O)[C@H](N=C(C)O)Sc2ccc3ccccc3c2)C(O)=N[C@H](Cc2ccc(N=C(C)O)cc2)C(O)=N[C@@H](CC(C)C)C(O)=N[C@@H](CCCCNC(C)C)C(=O)N2CCC[C@H]2C(O)=N[C@H](C)C(=N)O)cc1. The van der Waals surface area contributed by atoms with Gasteiger partial charge in [0.15, 0.2) is 29.1 Å². The molecule has 1 aliphatic heterocycles. The van der Waals surface area contributed by atoms with E-state index >= 15 is 0 Å². The van der Waals surface area contributed by atoms with E-state index in [9.17, 15) is 71.2 Å². The molecule has 2 heterocycles. The van der Waals surface area contributed by atoms with Crippen LogP contribution in [-0.2, 0) is 30.5 Å². The topological polar surface area (TPSA) is 468 Å². The number of nitrogens with one attached hydrogen (secondary N) is 2. The number of aliphatic imine (C=N–C) groups is 11. The zero-order chi connectivity index (χ0) is 80.1. The van der Waals surface area contributed by atoms with Gasteiger partial charge in [-0.15, -0.1) is 0 Å². The van der Waals surface area contributed by atoms with Crippen molar-refractivity contribution in [1.82, 2.24) is 15.2 Å². The summed E-state index contributed by atoms with van der Waals surface area (Å²) in [6.45, 7) is 13.0. The number of benzene rings is 5. The summed E-state index contributed by atoms with van der Waals surface area (Å²) in [5.41, 5.74) is 2.70. The molecule has 1 saturated heterocycles. The first-order chi connectivity index (χ1) is 52.4. The monoisotopic (exact) mass is 1550 g/mol. The highest BCUT2D eigenvalue weighted by atomic mass is 35.5. The first kappa shape index (κ1) is 86.4. The lowest BCUT2D eigenvalue weighted by Crippen LogP contribution is -2.46. The summed E-state index contributed by atoms with van der Waals surface area (Å²) in [5, 5.41) is 160. The molecule has 110 heavy (non-hydrogen) atoms. The van der Waals surface area contributed by atoms with Crippen LogP contribution in [0.5, 0.6) is 0 Å². The van der Waals surface area contributed by atoms with E-state index in [1.165, 1.54) is 45.0 Å². The van der Waals surface area contributed by atoms with Crippen molar-refractivity contribution in [2.24, 2.45) is 60.8 Å². The van der Waals surface area contributed by atoms with Gasteiger partial charge < -0.3 is 76.6 Å². The largest absolute Gasteiger partial charge is 0.497 e. The van der Waals surface area contributed by atoms with Crippen molar-refractivity contribution < 1.29 is 71.2 Å². The highest BCUT2D eigenvalue weighted by molar-refractivity contribution is 8.00. The van der Waals surface area contributed by atoms with Crippen molar-refractivity contribution in [3.05, 3.63) is 167 Å². The second kappa shape index (κ2) is 42.8. The number of halogens is 1. The van der Waals surface area contributed by atoms with Crippen LogP contribution in [0, 0.1) is 11.3 Å². The molecule has 0 radical (unpaired) electrons. The summed E-state index contributed by atoms with van der Waals surface area (Å²) in [6, 6.07) is 23.6. The Labute approximate surface area is 648 Å². The molecule has 0 saturated carbocycles. The number of aliphatic hydroxyl groups excluding tert-OH is 13. The molecule has 10 atom stereocenters. The predicted octanol–water partition coefficient (Wildman–Crippen LogP) is 13.8. The first-order valence-electron chi connectivity index (χ1n) is 36.2. The van der Waals surface area contributed by atoms with Crippen molar-refractivity contribution in [2.75, 3.05) is 19.7 Å². The summed E-state index contributed by atoms with van der Waals surface area (Å²) >= 11 is 7.35. The molecule has 6 aromatic rings. The Balaban J connectivity index is 1.33. The Morgan fingerprint density at radius 3 is 1.52 bits per heavy atom. The van der Waals surface area contributed by atoms with E-state index in [1.54, 1.807) is 84.9 Å². The van der Waals surface area contributed by atoms with Crippen molar-refractivity contribution in [3.63, 3.8) is 0 Å². The minimum atomic E-state index is -1.83. The van der Waals surface area contributed by atoms with Gasteiger partial charge in [0, 0.05) is 81.4 Å². The normalized spacial score (nSPS) is 17.6. The van der Waals surface area contributed by atoms with E-state index in [2.05, 4.69) is 65.2 Å². The van der Waals surface area contributed by atoms with Crippen LogP contribution in [0.1, 0.15) is 116 Å². The van der Waals surface area contributed by atoms with Gasteiger partial charge in [-0.1, -0.05) is 124 Å². The second-order valence-electron chi connectivity index (χ2n) is 27.3. The number of rotatable bonds is 40. The van der Waals surface area contributed by atoms with Crippen molar-refractivity contribution >= 4 is 122 Å². The molecule has 0 bridgehead atoms. The molecule has 1 aliphatic rings. The number of unbranched alkanes of at least 4 members (excludes halogenated alkanes) is 1. The Morgan fingerprint density at radius 1 is 0.545 bits per heavy atom. The Kier molecular flexibility index (Phi) is 33.6. The molecule has 588 valence electrons. The molecule has 1 amide bonds. The smallest absolute Gasteiger partial charge is 0.248 e. The third-order valence-electron chi connectivity index (χ3n) is 17.3. The Bertz CT molecular complexity index is 4370. The van der Waals surface area contributed by atoms with Crippen LogP contribution in [0.2, 0.25) is 5.02 Å². The van der Waals surface area contributed by atoms with E-state index in [-0.39, 0.29) is 74.7 Å². The lowest BCUT2D eigenvalue weighted by Gasteiger charge is -2.27. The van der Waals surface area contributed by atoms with Crippen LogP contribution in [0.3, 0.4) is 0 Å². The van der Waals surface area contributed by atoms with Gasteiger partial charge in [-0.05, 0) is 146 Å². The van der Waals surface area contributed by atoms with Crippen LogP contribution in [0.25, 0.3) is 10.8 Å². The van der Waals surface area contributed by atoms with Gasteiger partial charge >= 0.3 is 0 Å². The number of aromatic nitrogens is 1. The van der Waals surface area contributed by atoms with E-state index in [4.69, 9.17) is 17.0 Å². The molecule has 0 aliphatic carbocycles. The lowest BCUT2D eigenvalue weighted by molar-refractivity contribution is -0.132. The molecule has 0 unspecified atom stereocenters. The van der Waals surface area contributed by atoms with Crippen LogP contribution in [0.15, 0.2) is 200 Å². The van der Waals surface area contributed by atoms with Gasteiger partial charge in [0.1, 0.15) is 48.3 Å². The van der Waals surface area contributed by atoms with Crippen LogP contribution < -0.4 is 5.32 Å². The third kappa shape index (κ3) is 28.0. The summed E-state index contributed by atoms with van der Waals surface area (Å²) in [4.78, 5) is 69.3. The zero-order valence-electron chi connectivity index (χ0n) is 62.7. The van der Waals surface area contributed by atoms with Crippen molar-refractivity contribution in [1.29, 1.82) is 5.41 Å². The number of hydrogen-bond acceptors (Lipinski definition) is 17. The average molecular weight is 1550 g/mol. The van der Waals surface area contributed by atoms with Gasteiger partial charge in [0.2, 0.25) is 59.0 Å². The molecule has 1 aromatic heterocycles. The number of pyridine rings is 1. The second-order valence-corrected chi connectivity index (χ2v) is 28.9. The summed E-state index contributed by atoms with van der Waals surface area (Å²) in [5.74, 6) is -8.20. The standard InChI is InChI=1S/C79H100ClN15O14S/c1-45(2)37-62(70(101)88-61(18-11-12-35-83-46(3)4)79(109)95-36-14-19-68(95)76(107)84-47(5)69(81)100)89-71(102)63(39-52-22-29-58(30-23-52)85-48(6)97)90-72(103)64(40-53-24-31-59(32-25-53)86-49(7)98)92-75(106)67(44-96)94-74(105)66(41-54-15-13-34-82-43-54)91-73(104)65(38-51-20-27-57(80)28-21-51)93-77(108)78(87-50(8)99)110-60-33-26-55-16-9-10-17-56(55)42-60/h9-10,13,15-17,20-34,42-43,45-47,61-68,78,83,96H,11-12,14,18-19,35-41,44H2,1-8H3,(H2,81,100)(H,84,107)(H,85,97)(H,86,98)(H,87,99)(H,88,101)(H,89,102)(H,90,103)(H,91,104)(H,92,106)(H,93,108)(H,94,105)/t47-,61+,62+,63-,64+,65-,66-,67+,68+,78-/m1/s1. The van der Waals surface area contributed by atoms with E-state index in [1.807, 2.05) is 70.2 Å². The molecule has 31 heteroatoms. The number of nitrogens with zero attached hydrogens (tertiary/aromatic N) is 13. The summed E-state index contributed by atoms with van der Waals surface area (Å²) < 4.78 is 0. The van der Waals surface area contributed by atoms with E-state index in [0.717, 1.165) is 22.5 Å². The number of hydrogen-bond donors (Lipinski definition) is 15. The minimum absolute atomic E-state index is 0.0504. The molecular formula is C79H100ClN15O14S. The maximum Gasteiger partial charge on any atom is 0.248 e. The molecule has 7 rings (SSSR count). The minimum Gasteiger partial charge on any atom is -0.497 e. The Morgan fingerprint density at radius 2 is 1.03 bits per heavy atom. The quantitative estimate of drug-likeness (QED) is 0.00735. The van der Waals surface area contributed by atoms with Crippen LogP contribution in [-0.4, -0.2) is 238 Å². The van der Waals surface area contributed by atoms with Gasteiger partial charge in [0.25, 0.3) is 0 Å². The van der Waals surface area contributed by atoms with Crippen LogP contribution in [0.4, 0.5) is 11.4 Å². The highest BCUT2D eigenvalue weighted by Crippen LogP contribution is 2.30. The van der Waals surface area contributed by atoms with Crippen molar-refractivity contribution in [3.8, 4) is 0 Å². The number of aliphatic hydroxyl groups is 13. The molecule has 5 aromatic carbocycles. The van der Waals surface area contributed by atoms with Gasteiger partial charge in [-0.25, -0.2) is 54.9 Å². The third-order valence-corrected chi connectivity index (χ3v) is 18.6. The molecule has 1 fully saturated rings. The van der Waals surface area contributed by atoms with Gasteiger partial charge in [-0.3, -0.25) is 15.2 Å².